The van der Waals surface area contributed by atoms with Crippen molar-refractivity contribution in [3.63, 3.8) is 0 Å². The molecular formula is C26H31ClN8O2S. The number of aliphatic hydroxyl groups excluding tert-OH is 1. The van der Waals surface area contributed by atoms with E-state index in [1.54, 1.807) is 0 Å². The molecule has 1 aliphatic carbocycles. The fourth-order valence-electron chi connectivity index (χ4n) is 4.97. The molecule has 2 atom stereocenters. The molecule has 0 spiro atoms. The lowest BCUT2D eigenvalue weighted by molar-refractivity contribution is 0.136. The Bertz CT molecular complexity index is 1550. The minimum Gasteiger partial charge on any atom is -0.493 e. The summed E-state index contributed by atoms with van der Waals surface area (Å²) in [7, 11) is 0. The molecule has 1 aliphatic rings. The Balaban J connectivity index is 1.70. The number of fused-ring (bicyclic) bond motifs is 2. The molecule has 0 saturated heterocycles. The number of aryl methyl sites for hydroxylation is 1. The van der Waals surface area contributed by atoms with Crippen LogP contribution in [0.1, 0.15) is 72.4 Å². The molecule has 0 amide bonds. The third-order valence-corrected chi connectivity index (χ3v) is 8.10. The lowest BCUT2D eigenvalue weighted by Gasteiger charge is -2.25. The van der Waals surface area contributed by atoms with Crippen molar-refractivity contribution in [1.29, 1.82) is 0 Å². The van der Waals surface area contributed by atoms with Crippen molar-refractivity contribution in [1.82, 2.24) is 30.0 Å². The Hall–Kier alpha value is -3.25. The second-order valence-corrected chi connectivity index (χ2v) is 10.6. The summed E-state index contributed by atoms with van der Waals surface area (Å²) in [5, 5.41) is 20.8. The fourth-order valence-corrected chi connectivity index (χ4v) is 6.04. The van der Waals surface area contributed by atoms with Crippen LogP contribution in [-0.4, -0.2) is 43.0 Å². The molecule has 200 valence electrons. The first-order valence-electron chi connectivity index (χ1n) is 12.6. The molecule has 0 radical (unpaired) electrons. The molecule has 5 rings (SSSR count). The quantitative estimate of drug-likeness (QED) is 0.231. The molecule has 2 unspecified atom stereocenters. The number of thiazole rings is 1. The number of anilines is 2. The summed E-state index contributed by atoms with van der Waals surface area (Å²) in [5.74, 6) is 0.929. The molecule has 3 heterocycles. The number of nitrogen functional groups attached to an aromatic ring is 2. The van der Waals surface area contributed by atoms with Crippen molar-refractivity contribution in [2.45, 2.75) is 52.8 Å². The summed E-state index contributed by atoms with van der Waals surface area (Å²) >= 11 is 8.15. The van der Waals surface area contributed by atoms with Crippen LogP contribution >= 0.6 is 22.9 Å². The topological polar surface area (TPSA) is 150 Å². The molecule has 0 fully saturated rings. The van der Waals surface area contributed by atoms with Crippen LogP contribution in [0.2, 0.25) is 5.02 Å². The molecule has 6 N–H and O–H groups in total. The number of allylic oxidation sites excluding steroid dienone is 1. The summed E-state index contributed by atoms with van der Waals surface area (Å²) in [6.07, 6.45) is 4.08. The monoisotopic (exact) mass is 554 g/mol. The van der Waals surface area contributed by atoms with Crippen molar-refractivity contribution in [2.75, 3.05) is 24.6 Å². The van der Waals surface area contributed by atoms with Crippen LogP contribution in [0.3, 0.4) is 0 Å². The number of hydrogen-bond acceptors (Lipinski definition) is 10. The van der Waals surface area contributed by atoms with Gasteiger partial charge in [0.25, 0.3) is 0 Å². The van der Waals surface area contributed by atoms with Gasteiger partial charge in [0.05, 0.1) is 28.6 Å². The van der Waals surface area contributed by atoms with E-state index >= 15 is 0 Å². The largest absolute Gasteiger partial charge is 0.493 e. The second-order valence-electron chi connectivity index (χ2n) is 9.17. The zero-order valence-electron chi connectivity index (χ0n) is 21.7. The Morgan fingerprint density at radius 2 is 2.05 bits per heavy atom. The van der Waals surface area contributed by atoms with Gasteiger partial charge in [0.15, 0.2) is 10.8 Å². The number of rotatable bonds is 8. The zero-order valence-corrected chi connectivity index (χ0v) is 23.3. The van der Waals surface area contributed by atoms with Gasteiger partial charge >= 0.3 is 0 Å². The Labute approximate surface area is 229 Å². The van der Waals surface area contributed by atoms with E-state index in [1.807, 2.05) is 38.4 Å². The van der Waals surface area contributed by atoms with Crippen LogP contribution in [0.4, 0.5) is 10.9 Å². The van der Waals surface area contributed by atoms with Crippen LogP contribution in [-0.2, 0) is 6.42 Å². The van der Waals surface area contributed by atoms with Crippen LogP contribution in [0.15, 0.2) is 12.4 Å². The van der Waals surface area contributed by atoms with E-state index in [4.69, 9.17) is 32.9 Å². The van der Waals surface area contributed by atoms with Gasteiger partial charge in [-0.1, -0.05) is 29.9 Å². The first-order chi connectivity index (χ1) is 18.2. The lowest BCUT2D eigenvalue weighted by atomic mass is 9.97. The van der Waals surface area contributed by atoms with E-state index in [2.05, 4.69) is 26.3 Å². The second kappa shape index (κ2) is 10.5. The van der Waals surface area contributed by atoms with Gasteiger partial charge in [-0.2, -0.15) is 5.10 Å². The summed E-state index contributed by atoms with van der Waals surface area (Å²) in [5.41, 5.74) is 17.8. The number of nitrogens with zero attached hydrogens (tertiary/aromatic N) is 5. The molecule has 12 heteroatoms. The van der Waals surface area contributed by atoms with Gasteiger partial charge in [-0.05, 0) is 63.4 Å². The van der Waals surface area contributed by atoms with Gasteiger partial charge in [0.1, 0.15) is 29.8 Å². The number of aliphatic hydroxyl groups is 1. The Kier molecular flexibility index (Phi) is 7.28. The fraction of sp³-hybridized carbons (Fsp3) is 0.385. The van der Waals surface area contributed by atoms with Gasteiger partial charge in [0.2, 0.25) is 0 Å². The highest BCUT2D eigenvalue weighted by molar-refractivity contribution is 7.16. The maximum atomic E-state index is 10.9. The van der Waals surface area contributed by atoms with E-state index < -0.39 is 6.23 Å². The predicted octanol–water partition coefficient (Wildman–Crippen LogP) is 4.50. The normalized spacial score (nSPS) is 14.8. The summed E-state index contributed by atoms with van der Waals surface area (Å²) in [6.45, 7) is 8.71. The van der Waals surface area contributed by atoms with E-state index in [0.29, 0.717) is 51.5 Å². The van der Waals surface area contributed by atoms with Crippen LogP contribution < -0.4 is 21.5 Å². The molecule has 3 aromatic heterocycles. The third kappa shape index (κ3) is 4.49. The van der Waals surface area contributed by atoms with Gasteiger partial charge in [-0.15, -0.1) is 0 Å². The first kappa shape index (κ1) is 26.4. The molecular weight excluding hydrogens is 524 g/mol. The molecule has 0 aliphatic heterocycles. The van der Waals surface area contributed by atoms with Crippen molar-refractivity contribution < 1.29 is 9.84 Å². The number of nitrogens with two attached hydrogens (primary N) is 2. The molecule has 0 saturated carbocycles. The number of benzene rings is 1. The number of aromatic nitrogens is 5. The molecule has 10 nitrogen and oxygen atoms in total. The van der Waals surface area contributed by atoms with Gasteiger partial charge in [-0.25, -0.2) is 19.6 Å². The van der Waals surface area contributed by atoms with Gasteiger partial charge in [0, 0.05) is 16.1 Å². The number of nitrogens with one attached hydrogen (secondary N) is 1. The third-order valence-electron chi connectivity index (χ3n) is 6.83. The van der Waals surface area contributed by atoms with Crippen molar-refractivity contribution >= 4 is 56.6 Å². The Morgan fingerprint density at radius 3 is 2.79 bits per heavy atom. The average molecular weight is 555 g/mol. The first-order valence-corrected chi connectivity index (χ1v) is 13.8. The summed E-state index contributed by atoms with van der Waals surface area (Å²) < 4.78 is 7.95. The molecule has 38 heavy (non-hydrogen) atoms. The van der Waals surface area contributed by atoms with E-state index in [-0.39, 0.29) is 6.04 Å². The van der Waals surface area contributed by atoms with Crippen molar-refractivity contribution in [3.05, 3.63) is 50.4 Å². The lowest BCUT2D eigenvalue weighted by Crippen LogP contribution is -2.23. The SMILES string of the molecule is CCNC(O)c1c(C)c(Cl)cc(C(C)n2nc(C3=Cc4sc(N)nc4CC3)c3c(N)ncnc32)c1OCC. The number of hydrogen-bond donors (Lipinski definition) is 4. The smallest absolute Gasteiger partial charge is 0.180 e. The standard InChI is InChI=1S/C26H31ClN8O2S/c1-5-30-25(36)19-12(3)16(27)10-15(22(19)37-6-2)13(4)35-24-20(23(28)31-11-32-24)21(34-35)14-7-8-17-18(9-14)38-26(29)33-17/h9-11,13,25,30,36H,5-8H2,1-4H3,(H2,29,33)(H2,28,31,32). The highest BCUT2D eigenvalue weighted by atomic mass is 35.5. The maximum Gasteiger partial charge on any atom is 0.180 e. The minimum absolute atomic E-state index is 0.355. The van der Waals surface area contributed by atoms with Gasteiger partial charge in [-0.3, -0.25) is 5.32 Å². The number of ether oxygens (including phenoxy) is 1. The highest BCUT2D eigenvalue weighted by Crippen LogP contribution is 2.42. The van der Waals surface area contributed by atoms with Crippen LogP contribution in [0.25, 0.3) is 22.7 Å². The van der Waals surface area contributed by atoms with Crippen LogP contribution in [0.5, 0.6) is 5.75 Å². The van der Waals surface area contributed by atoms with Crippen LogP contribution in [0, 0.1) is 6.92 Å². The predicted molar refractivity (Wildman–Crippen MR) is 152 cm³/mol. The number of halogens is 1. The Morgan fingerprint density at radius 1 is 1.26 bits per heavy atom. The van der Waals surface area contributed by atoms with Gasteiger partial charge < -0.3 is 21.3 Å². The maximum absolute atomic E-state index is 10.9. The van der Waals surface area contributed by atoms with Crippen molar-refractivity contribution in [2.24, 2.45) is 0 Å². The van der Waals surface area contributed by atoms with Crippen molar-refractivity contribution in [3.8, 4) is 5.75 Å². The highest BCUT2D eigenvalue weighted by Gasteiger charge is 2.29. The molecule has 0 bridgehead atoms. The summed E-state index contributed by atoms with van der Waals surface area (Å²) in [4.78, 5) is 14.3. The van der Waals surface area contributed by atoms with E-state index in [9.17, 15) is 5.11 Å². The minimum atomic E-state index is -0.942. The zero-order chi connectivity index (χ0) is 27.1. The van der Waals surface area contributed by atoms with E-state index in [1.165, 1.54) is 17.7 Å². The molecule has 1 aromatic carbocycles. The van der Waals surface area contributed by atoms with E-state index in [0.717, 1.165) is 45.8 Å². The summed E-state index contributed by atoms with van der Waals surface area (Å²) in [6, 6.07) is 1.52. The molecule has 4 aromatic rings. The average Bonchev–Trinajstić information content (AvgIpc) is 3.46.